The molecule has 2 aromatic rings. The van der Waals surface area contributed by atoms with E-state index in [1.165, 1.54) is 20.3 Å². The number of methoxy groups -OCH3 is 2. The molecule has 1 amide bonds. The minimum Gasteiger partial charge on any atom is -0.493 e. The lowest BCUT2D eigenvalue weighted by Gasteiger charge is -2.28. The smallest absolute Gasteiger partial charge is 0.243 e. The number of sulfonamides is 1. The van der Waals surface area contributed by atoms with Gasteiger partial charge < -0.3 is 14.8 Å². The van der Waals surface area contributed by atoms with E-state index in [-0.39, 0.29) is 5.91 Å². The van der Waals surface area contributed by atoms with E-state index in [0.717, 1.165) is 16.1 Å². The molecule has 1 atom stereocenters. The van der Waals surface area contributed by atoms with Crippen LogP contribution in [0.4, 0.5) is 5.69 Å². The van der Waals surface area contributed by atoms with E-state index in [9.17, 15) is 13.2 Å². The molecule has 2 rings (SSSR count). The van der Waals surface area contributed by atoms with Crippen molar-refractivity contribution in [1.29, 1.82) is 0 Å². The van der Waals surface area contributed by atoms with Gasteiger partial charge in [-0.15, -0.1) is 0 Å². The van der Waals surface area contributed by atoms with Crippen molar-refractivity contribution in [3.05, 3.63) is 54.1 Å². The number of ether oxygens (including phenoxy) is 2. The monoisotopic (exact) mass is 406 g/mol. The molecular weight excluding hydrogens is 380 g/mol. The van der Waals surface area contributed by atoms with Crippen LogP contribution in [0.1, 0.15) is 12.5 Å². The summed E-state index contributed by atoms with van der Waals surface area (Å²) in [6, 6.07) is 13.5. The van der Waals surface area contributed by atoms with Gasteiger partial charge in [-0.1, -0.05) is 30.3 Å². The average Bonchev–Trinajstić information content (AvgIpc) is 2.67. The number of carbonyl (C=O) groups excluding carboxylic acids is 1. The van der Waals surface area contributed by atoms with Crippen molar-refractivity contribution < 1.29 is 22.7 Å². The molecule has 2 aromatic carbocycles. The van der Waals surface area contributed by atoms with E-state index in [1.54, 1.807) is 19.1 Å². The first-order chi connectivity index (χ1) is 13.3. The summed E-state index contributed by atoms with van der Waals surface area (Å²) < 4.78 is 36.3. The number of amides is 1. The molecular formula is C20H26N2O5S. The highest BCUT2D eigenvalue weighted by Crippen LogP contribution is 2.33. The highest BCUT2D eigenvalue weighted by Gasteiger charge is 2.29. The summed E-state index contributed by atoms with van der Waals surface area (Å²) in [5, 5.41) is 2.80. The van der Waals surface area contributed by atoms with Crippen molar-refractivity contribution in [1.82, 2.24) is 5.32 Å². The third-order valence-electron chi connectivity index (χ3n) is 4.27. The molecule has 8 heteroatoms. The van der Waals surface area contributed by atoms with Crippen molar-refractivity contribution in [2.45, 2.75) is 19.4 Å². The van der Waals surface area contributed by atoms with Crippen LogP contribution in [0.15, 0.2) is 48.5 Å². The number of hydrogen-bond donors (Lipinski definition) is 1. The quantitative estimate of drug-likeness (QED) is 0.690. The van der Waals surface area contributed by atoms with Crippen molar-refractivity contribution in [3.8, 4) is 11.5 Å². The molecule has 0 saturated carbocycles. The van der Waals surface area contributed by atoms with Gasteiger partial charge in [0.25, 0.3) is 0 Å². The molecule has 0 aliphatic carbocycles. The standard InChI is InChI=1S/C20H26N2O5S/c1-15(20(23)21-13-12-16-8-6-5-7-9-16)22(28(4,24)25)17-10-11-18(26-2)19(14-17)27-3/h5-11,14-15H,12-13H2,1-4H3,(H,21,23). The molecule has 0 heterocycles. The minimum absolute atomic E-state index is 0.325. The maximum Gasteiger partial charge on any atom is 0.243 e. The highest BCUT2D eigenvalue weighted by molar-refractivity contribution is 7.92. The Bertz CT molecular complexity index is 900. The van der Waals surface area contributed by atoms with Crippen LogP contribution in [0.5, 0.6) is 11.5 Å². The largest absolute Gasteiger partial charge is 0.493 e. The van der Waals surface area contributed by atoms with Gasteiger partial charge in [0.1, 0.15) is 6.04 Å². The summed E-state index contributed by atoms with van der Waals surface area (Å²) >= 11 is 0. The number of nitrogens with zero attached hydrogens (tertiary/aromatic N) is 1. The summed E-state index contributed by atoms with van der Waals surface area (Å²) in [7, 11) is -0.749. The summed E-state index contributed by atoms with van der Waals surface area (Å²) in [5.41, 5.74) is 1.42. The Morgan fingerprint density at radius 2 is 1.71 bits per heavy atom. The molecule has 1 N–H and O–H groups in total. The zero-order valence-electron chi connectivity index (χ0n) is 16.5. The Morgan fingerprint density at radius 3 is 2.29 bits per heavy atom. The molecule has 0 radical (unpaired) electrons. The van der Waals surface area contributed by atoms with E-state index in [2.05, 4.69) is 5.32 Å². The van der Waals surface area contributed by atoms with Gasteiger partial charge in [0.05, 0.1) is 26.2 Å². The molecule has 28 heavy (non-hydrogen) atoms. The normalized spacial score (nSPS) is 12.1. The third-order valence-corrected chi connectivity index (χ3v) is 5.51. The molecule has 0 spiro atoms. The molecule has 0 aliphatic rings. The maximum atomic E-state index is 12.6. The summed E-state index contributed by atoms with van der Waals surface area (Å²) in [5.74, 6) is 0.473. The molecule has 0 fully saturated rings. The molecule has 1 unspecified atom stereocenters. The first-order valence-corrected chi connectivity index (χ1v) is 10.7. The lowest BCUT2D eigenvalue weighted by Crippen LogP contribution is -2.48. The van der Waals surface area contributed by atoms with Gasteiger partial charge in [-0.2, -0.15) is 0 Å². The Hall–Kier alpha value is -2.74. The SMILES string of the molecule is COc1ccc(N(C(C)C(=O)NCCc2ccccc2)S(C)(=O)=O)cc1OC. The van der Waals surface area contributed by atoms with E-state index in [1.807, 2.05) is 30.3 Å². The molecule has 0 bridgehead atoms. The predicted octanol–water partition coefficient (Wildman–Crippen LogP) is 2.22. The fourth-order valence-electron chi connectivity index (χ4n) is 2.89. The first kappa shape index (κ1) is 21.6. The molecule has 0 aliphatic heterocycles. The van der Waals surface area contributed by atoms with E-state index in [0.29, 0.717) is 30.2 Å². The number of carbonyl (C=O) groups is 1. The first-order valence-electron chi connectivity index (χ1n) is 8.81. The van der Waals surface area contributed by atoms with Crippen molar-refractivity contribution in [2.24, 2.45) is 0 Å². The van der Waals surface area contributed by atoms with Gasteiger partial charge >= 0.3 is 0 Å². The lowest BCUT2D eigenvalue weighted by molar-refractivity contribution is -0.121. The molecule has 7 nitrogen and oxygen atoms in total. The second-order valence-electron chi connectivity index (χ2n) is 6.30. The maximum absolute atomic E-state index is 12.6. The fourth-order valence-corrected chi connectivity index (χ4v) is 4.06. The predicted molar refractivity (Wildman–Crippen MR) is 109 cm³/mol. The Morgan fingerprint density at radius 1 is 1.07 bits per heavy atom. The average molecular weight is 407 g/mol. The van der Waals surface area contributed by atoms with Crippen LogP contribution < -0.4 is 19.1 Å². The fraction of sp³-hybridized carbons (Fsp3) is 0.350. The van der Waals surface area contributed by atoms with Crippen molar-refractivity contribution >= 4 is 21.6 Å². The molecule has 0 aromatic heterocycles. The van der Waals surface area contributed by atoms with E-state index < -0.39 is 16.1 Å². The number of hydrogen-bond acceptors (Lipinski definition) is 5. The number of nitrogens with one attached hydrogen (secondary N) is 1. The zero-order valence-corrected chi connectivity index (χ0v) is 17.3. The summed E-state index contributed by atoms with van der Waals surface area (Å²) in [4.78, 5) is 12.6. The minimum atomic E-state index is -3.71. The van der Waals surface area contributed by atoms with E-state index in [4.69, 9.17) is 9.47 Å². The topological polar surface area (TPSA) is 84.9 Å². The van der Waals surface area contributed by atoms with Gasteiger partial charge in [-0.05, 0) is 31.0 Å². The third kappa shape index (κ3) is 5.39. The number of anilines is 1. The summed E-state index contributed by atoms with van der Waals surface area (Å²) in [6.45, 7) is 1.96. The number of benzene rings is 2. The van der Waals surface area contributed by atoms with Crippen LogP contribution in [0.3, 0.4) is 0 Å². The van der Waals surface area contributed by atoms with Crippen LogP contribution in [0.25, 0.3) is 0 Å². The Balaban J connectivity index is 2.17. The van der Waals surface area contributed by atoms with Crippen LogP contribution >= 0.6 is 0 Å². The van der Waals surface area contributed by atoms with Gasteiger partial charge in [0.2, 0.25) is 15.9 Å². The second-order valence-corrected chi connectivity index (χ2v) is 8.16. The van der Waals surface area contributed by atoms with E-state index >= 15 is 0 Å². The molecule has 0 saturated heterocycles. The number of rotatable bonds is 9. The van der Waals surface area contributed by atoms with Crippen LogP contribution in [-0.4, -0.2) is 47.4 Å². The van der Waals surface area contributed by atoms with Crippen LogP contribution in [0, 0.1) is 0 Å². The van der Waals surface area contributed by atoms with Crippen molar-refractivity contribution in [3.63, 3.8) is 0 Å². The second kappa shape index (κ2) is 9.45. The van der Waals surface area contributed by atoms with Gasteiger partial charge in [-0.3, -0.25) is 9.10 Å². The summed E-state index contributed by atoms with van der Waals surface area (Å²) in [6.07, 6.45) is 1.73. The highest BCUT2D eigenvalue weighted by atomic mass is 32.2. The zero-order chi connectivity index (χ0) is 20.7. The van der Waals surface area contributed by atoms with Gasteiger partial charge in [0.15, 0.2) is 11.5 Å². The van der Waals surface area contributed by atoms with Crippen LogP contribution in [0.2, 0.25) is 0 Å². The van der Waals surface area contributed by atoms with Gasteiger partial charge in [0, 0.05) is 12.6 Å². The van der Waals surface area contributed by atoms with Crippen LogP contribution in [-0.2, 0) is 21.2 Å². The molecule has 152 valence electrons. The van der Waals surface area contributed by atoms with Crippen molar-refractivity contribution in [2.75, 3.05) is 31.3 Å². The Kier molecular flexibility index (Phi) is 7.28. The lowest BCUT2D eigenvalue weighted by atomic mass is 10.1. The Labute approximate surface area is 166 Å². The van der Waals surface area contributed by atoms with Gasteiger partial charge in [-0.25, -0.2) is 8.42 Å².